The molecule has 172 valence electrons. The summed E-state index contributed by atoms with van der Waals surface area (Å²) in [5.74, 6) is -0.920. The third-order valence-electron chi connectivity index (χ3n) is 5.05. The number of rotatable bonds is 7. The fraction of sp³-hybridized carbons (Fsp3) is 0.286. The molecule has 1 saturated carbocycles. The number of hydrogen-bond acceptors (Lipinski definition) is 5. The molecule has 5 rings (SSSR count). The molecule has 0 spiro atoms. The topological polar surface area (TPSA) is 117 Å². The molecule has 1 unspecified atom stereocenters. The van der Waals surface area contributed by atoms with Crippen molar-refractivity contribution in [3.8, 4) is 11.3 Å². The van der Waals surface area contributed by atoms with E-state index in [0.29, 0.717) is 18.5 Å². The van der Waals surface area contributed by atoms with E-state index in [1.165, 1.54) is 55.4 Å². The van der Waals surface area contributed by atoms with E-state index < -0.39 is 23.8 Å². The highest BCUT2D eigenvalue weighted by Gasteiger charge is 2.30. The van der Waals surface area contributed by atoms with E-state index in [1.54, 1.807) is 0 Å². The summed E-state index contributed by atoms with van der Waals surface area (Å²) < 4.78 is 44.8. The Kier molecular flexibility index (Phi) is 6.24. The first kappa shape index (κ1) is 22.2. The van der Waals surface area contributed by atoms with Crippen LogP contribution in [0.15, 0.2) is 24.8 Å². The van der Waals surface area contributed by atoms with Crippen LogP contribution in [-0.2, 0) is 9.59 Å². The molecule has 1 fully saturated rings. The van der Waals surface area contributed by atoms with Crippen molar-refractivity contribution in [2.75, 3.05) is 5.32 Å². The summed E-state index contributed by atoms with van der Waals surface area (Å²) in [5, 5.41) is 11.5. The number of alkyl halides is 2. The van der Waals surface area contributed by atoms with Crippen LogP contribution in [0.2, 0.25) is 0 Å². The zero-order valence-electron chi connectivity index (χ0n) is 17.5. The van der Waals surface area contributed by atoms with Gasteiger partial charge in [0.2, 0.25) is 12.8 Å². The number of carbonyl (C=O) groups is 2. The quantitative estimate of drug-likeness (QED) is 0.363. The zero-order chi connectivity index (χ0) is 23.5. The summed E-state index contributed by atoms with van der Waals surface area (Å²) in [6.07, 6.45) is 7.63. The minimum atomic E-state index is -3.16. The molecule has 0 radical (unpaired) electrons. The third-order valence-corrected chi connectivity index (χ3v) is 5.05. The number of carbonyl (C=O) groups excluding carboxylic acids is 2. The molecule has 12 heteroatoms. The van der Waals surface area contributed by atoms with Gasteiger partial charge in [-0.1, -0.05) is 19.3 Å². The SMILES string of the molecule is C1CC1.CC(NC=O)c1c(F)c(C(F)F)c(-c2cn3cc(NC=O)nc3cn2)c2cn[nH]c12. The van der Waals surface area contributed by atoms with E-state index in [2.05, 4.69) is 30.8 Å². The number of nitrogens with one attached hydrogen (secondary N) is 3. The number of halogens is 3. The number of aromatic amines is 1. The van der Waals surface area contributed by atoms with Crippen LogP contribution in [0.3, 0.4) is 0 Å². The molecule has 1 aliphatic carbocycles. The van der Waals surface area contributed by atoms with Crippen molar-refractivity contribution >= 4 is 35.2 Å². The normalized spacial score (nSPS) is 13.5. The van der Waals surface area contributed by atoms with Gasteiger partial charge in [0.1, 0.15) is 5.82 Å². The second-order valence-electron chi connectivity index (χ2n) is 7.47. The Balaban J connectivity index is 0.000000799. The fourth-order valence-electron chi connectivity index (χ4n) is 3.42. The minimum absolute atomic E-state index is 0.0562. The van der Waals surface area contributed by atoms with E-state index in [4.69, 9.17) is 0 Å². The molecule has 3 heterocycles. The Bertz CT molecular complexity index is 1310. The molecule has 9 nitrogen and oxygen atoms in total. The highest BCUT2D eigenvalue weighted by molar-refractivity contribution is 5.97. The maximum atomic E-state index is 15.3. The lowest BCUT2D eigenvalue weighted by atomic mass is 9.93. The van der Waals surface area contributed by atoms with Crippen molar-refractivity contribution in [3.05, 3.63) is 41.7 Å². The highest BCUT2D eigenvalue weighted by Crippen LogP contribution is 2.41. The van der Waals surface area contributed by atoms with Gasteiger partial charge in [-0.3, -0.25) is 19.7 Å². The minimum Gasteiger partial charge on any atom is -0.352 e. The smallest absolute Gasteiger partial charge is 0.267 e. The molecular weight excluding hydrogens is 439 g/mol. The molecular formula is C21H20F3N7O2. The summed E-state index contributed by atoms with van der Waals surface area (Å²) in [6, 6.07) is -0.877. The number of aromatic nitrogens is 5. The zero-order valence-corrected chi connectivity index (χ0v) is 17.5. The lowest BCUT2D eigenvalue weighted by molar-refractivity contribution is -0.110. The standard InChI is InChI=1S/C18H14F3N7O2.C3H6/c1-8(23-6-29)13-16(19)15(18(20)21)14(9-2-25-27-17(9)13)10-4-28-5-11(24-7-30)26-12(28)3-22-10;1-2-3-1/h2-8,18H,1H3,(H,23,29)(H,24,30)(H,25,27);1-3H2. The number of H-pyrrole nitrogens is 1. The molecule has 3 N–H and O–H groups in total. The average Bonchev–Trinajstić information content (AvgIpc) is 3.49. The summed E-state index contributed by atoms with van der Waals surface area (Å²) in [5.41, 5.74) is -0.531. The Labute approximate surface area is 185 Å². The number of hydrogen-bond donors (Lipinski definition) is 3. The Morgan fingerprint density at radius 1 is 1.12 bits per heavy atom. The molecule has 2 amide bonds. The maximum absolute atomic E-state index is 15.3. The molecule has 3 aromatic heterocycles. The van der Waals surface area contributed by atoms with Gasteiger partial charge in [0.15, 0.2) is 11.5 Å². The molecule has 4 aromatic rings. The van der Waals surface area contributed by atoms with Crippen molar-refractivity contribution in [2.24, 2.45) is 0 Å². The number of amides is 2. The van der Waals surface area contributed by atoms with Crippen LogP contribution in [-0.4, -0.2) is 37.4 Å². The molecule has 0 bridgehead atoms. The van der Waals surface area contributed by atoms with Crippen LogP contribution in [0.5, 0.6) is 0 Å². The van der Waals surface area contributed by atoms with Crippen molar-refractivity contribution in [1.29, 1.82) is 0 Å². The molecule has 1 aromatic carbocycles. The maximum Gasteiger partial charge on any atom is 0.267 e. The summed E-state index contributed by atoms with van der Waals surface area (Å²) >= 11 is 0. The van der Waals surface area contributed by atoms with Gasteiger partial charge in [-0.05, 0) is 6.92 Å². The molecule has 33 heavy (non-hydrogen) atoms. The second kappa shape index (κ2) is 9.27. The van der Waals surface area contributed by atoms with Gasteiger partial charge in [0.25, 0.3) is 6.43 Å². The Hall–Kier alpha value is -3.96. The van der Waals surface area contributed by atoms with Crippen LogP contribution in [0.25, 0.3) is 27.8 Å². The van der Waals surface area contributed by atoms with Crippen LogP contribution >= 0.6 is 0 Å². The van der Waals surface area contributed by atoms with Crippen LogP contribution in [0.4, 0.5) is 19.0 Å². The van der Waals surface area contributed by atoms with E-state index in [0.717, 1.165) is 0 Å². The lowest BCUT2D eigenvalue weighted by Gasteiger charge is -2.19. The van der Waals surface area contributed by atoms with Gasteiger partial charge >= 0.3 is 0 Å². The Morgan fingerprint density at radius 2 is 1.88 bits per heavy atom. The van der Waals surface area contributed by atoms with Crippen LogP contribution < -0.4 is 10.6 Å². The number of benzene rings is 1. The lowest BCUT2D eigenvalue weighted by Crippen LogP contribution is -2.19. The van der Waals surface area contributed by atoms with Crippen molar-refractivity contribution in [2.45, 2.75) is 38.7 Å². The monoisotopic (exact) mass is 459 g/mol. The van der Waals surface area contributed by atoms with Crippen molar-refractivity contribution in [1.82, 2.24) is 29.9 Å². The first-order chi connectivity index (χ1) is 16.0. The van der Waals surface area contributed by atoms with Crippen LogP contribution in [0, 0.1) is 5.82 Å². The van der Waals surface area contributed by atoms with E-state index in [1.807, 2.05) is 0 Å². The summed E-state index contributed by atoms with van der Waals surface area (Å²) in [4.78, 5) is 29.7. The van der Waals surface area contributed by atoms with Gasteiger partial charge in [-0.15, -0.1) is 0 Å². The van der Waals surface area contributed by atoms with Gasteiger partial charge in [-0.2, -0.15) is 5.10 Å². The summed E-state index contributed by atoms with van der Waals surface area (Å²) in [6.45, 7) is 1.47. The predicted octanol–water partition coefficient (Wildman–Crippen LogP) is 3.89. The largest absolute Gasteiger partial charge is 0.352 e. The molecule has 0 aliphatic heterocycles. The number of fused-ring (bicyclic) bond motifs is 2. The van der Waals surface area contributed by atoms with Gasteiger partial charge in [0, 0.05) is 22.7 Å². The van der Waals surface area contributed by atoms with Crippen molar-refractivity contribution < 1.29 is 22.8 Å². The van der Waals surface area contributed by atoms with Crippen molar-refractivity contribution in [3.63, 3.8) is 0 Å². The Morgan fingerprint density at radius 3 is 2.52 bits per heavy atom. The fourth-order valence-corrected chi connectivity index (χ4v) is 3.42. The summed E-state index contributed by atoms with van der Waals surface area (Å²) in [7, 11) is 0. The average molecular weight is 459 g/mol. The number of anilines is 1. The highest BCUT2D eigenvalue weighted by atomic mass is 19.3. The first-order valence-corrected chi connectivity index (χ1v) is 10.2. The van der Waals surface area contributed by atoms with E-state index in [9.17, 15) is 18.4 Å². The molecule has 1 aliphatic rings. The number of nitrogens with zero attached hydrogens (tertiary/aromatic N) is 4. The predicted molar refractivity (Wildman–Crippen MR) is 114 cm³/mol. The van der Waals surface area contributed by atoms with E-state index in [-0.39, 0.29) is 33.5 Å². The molecule has 0 saturated heterocycles. The third kappa shape index (κ3) is 4.36. The van der Waals surface area contributed by atoms with Gasteiger partial charge in [-0.25, -0.2) is 18.2 Å². The first-order valence-electron chi connectivity index (χ1n) is 10.2. The number of imidazole rings is 1. The molecule has 1 atom stereocenters. The van der Waals surface area contributed by atoms with Gasteiger partial charge in [0.05, 0.1) is 41.4 Å². The second-order valence-corrected chi connectivity index (χ2v) is 7.47. The van der Waals surface area contributed by atoms with E-state index >= 15 is 4.39 Å². The van der Waals surface area contributed by atoms with Crippen LogP contribution in [0.1, 0.15) is 49.8 Å². The van der Waals surface area contributed by atoms with Gasteiger partial charge < -0.3 is 15.0 Å².